The van der Waals surface area contributed by atoms with E-state index in [1.54, 1.807) is 0 Å². The molecule has 0 aliphatic heterocycles. The van der Waals surface area contributed by atoms with Crippen LogP contribution in [0.5, 0.6) is 6.01 Å². The topological polar surface area (TPSA) is 47.0 Å². The summed E-state index contributed by atoms with van der Waals surface area (Å²) in [6.45, 7) is 5.01. The van der Waals surface area contributed by atoms with Gasteiger partial charge >= 0.3 is 6.01 Å². The summed E-state index contributed by atoms with van der Waals surface area (Å²) in [6, 6.07) is 8.80. The lowest BCUT2D eigenvalue weighted by atomic mass is 10.0. The number of rotatable bonds is 5. The van der Waals surface area contributed by atoms with E-state index in [9.17, 15) is 0 Å². The maximum absolute atomic E-state index is 6.04. The zero-order valence-corrected chi connectivity index (χ0v) is 12.6. The van der Waals surface area contributed by atoms with Gasteiger partial charge in [0.1, 0.15) is 5.02 Å². The monoisotopic (exact) mass is 291 g/mol. The molecule has 2 rings (SSSR count). The molecule has 5 heteroatoms. The second-order valence-electron chi connectivity index (χ2n) is 4.80. The summed E-state index contributed by atoms with van der Waals surface area (Å²) >= 11 is 6.04. The fourth-order valence-electron chi connectivity index (χ4n) is 1.78. The van der Waals surface area contributed by atoms with E-state index in [0.717, 1.165) is 0 Å². The quantitative estimate of drug-likeness (QED) is 0.908. The van der Waals surface area contributed by atoms with Crippen LogP contribution in [0.2, 0.25) is 5.02 Å². The van der Waals surface area contributed by atoms with Gasteiger partial charge in [-0.1, -0.05) is 49.7 Å². The van der Waals surface area contributed by atoms with Gasteiger partial charge < -0.3 is 10.1 Å². The summed E-state index contributed by atoms with van der Waals surface area (Å²) in [5.74, 6) is 1.11. The Morgan fingerprint density at radius 3 is 2.55 bits per heavy atom. The zero-order valence-electron chi connectivity index (χ0n) is 11.9. The Bertz CT molecular complexity index is 570. The van der Waals surface area contributed by atoms with E-state index in [-0.39, 0.29) is 0 Å². The van der Waals surface area contributed by atoms with Crippen molar-refractivity contribution in [1.82, 2.24) is 9.97 Å². The lowest BCUT2D eigenvalue weighted by molar-refractivity contribution is 0.380. The first-order valence-corrected chi connectivity index (χ1v) is 6.87. The zero-order chi connectivity index (χ0) is 14.5. The maximum atomic E-state index is 6.04. The Morgan fingerprint density at radius 1 is 1.25 bits per heavy atom. The second kappa shape index (κ2) is 6.57. The molecule has 0 unspecified atom stereocenters. The van der Waals surface area contributed by atoms with Crippen molar-refractivity contribution in [2.45, 2.75) is 26.3 Å². The minimum atomic E-state index is 0.298. The molecule has 1 aromatic carbocycles. The third kappa shape index (κ3) is 3.61. The van der Waals surface area contributed by atoms with E-state index < -0.39 is 0 Å². The Kier molecular flexibility index (Phi) is 4.79. The molecule has 0 radical (unpaired) electrons. The third-order valence-corrected chi connectivity index (χ3v) is 3.29. The second-order valence-corrected chi connectivity index (χ2v) is 5.21. The van der Waals surface area contributed by atoms with Crippen molar-refractivity contribution in [3.05, 3.63) is 46.6 Å². The molecule has 1 aromatic heterocycles. The van der Waals surface area contributed by atoms with E-state index >= 15 is 0 Å². The van der Waals surface area contributed by atoms with Gasteiger partial charge in [-0.25, -0.2) is 4.98 Å². The lowest BCUT2D eigenvalue weighted by Gasteiger charge is -2.10. The van der Waals surface area contributed by atoms with Gasteiger partial charge in [-0.05, 0) is 17.0 Å². The van der Waals surface area contributed by atoms with Gasteiger partial charge in [0.15, 0.2) is 5.82 Å². The summed E-state index contributed by atoms with van der Waals surface area (Å²) in [5, 5.41) is 3.67. The molecule has 0 saturated carbocycles. The van der Waals surface area contributed by atoms with Crippen LogP contribution in [0, 0.1) is 0 Å². The van der Waals surface area contributed by atoms with E-state index in [1.165, 1.54) is 24.4 Å². The van der Waals surface area contributed by atoms with Gasteiger partial charge in [-0.3, -0.25) is 0 Å². The summed E-state index contributed by atoms with van der Waals surface area (Å²) in [5.41, 5.74) is 2.50. The molecule has 1 heterocycles. The first-order chi connectivity index (χ1) is 9.60. The molecule has 0 atom stereocenters. The molecule has 1 N–H and O–H groups in total. The van der Waals surface area contributed by atoms with Gasteiger partial charge in [-0.15, -0.1) is 0 Å². The van der Waals surface area contributed by atoms with Gasteiger partial charge in [0.2, 0.25) is 0 Å². The largest absolute Gasteiger partial charge is 0.467 e. The van der Waals surface area contributed by atoms with Crippen LogP contribution >= 0.6 is 11.6 Å². The number of halogens is 1. The average Bonchev–Trinajstić information content (AvgIpc) is 2.47. The summed E-state index contributed by atoms with van der Waals surface area (Å²) in [4.78, 5) is 8.11. The normalized spacial score (nSPS) is 10.7. The number of nitrogens with one attached hydrogen (secondary N) is 1. The predicted molar refractivity (Wildman–Crippen MR) is 81.5 cm³/mol. The number of hydrogen-bond acceptors (Lipinski definition) is 4. The number of ether oxygens (including phenoxy) is 1. The highest BCUT2D eigenvalue weighted by molar-refractivity contribution is 6.32. The first kappa shape index (κ1) is 14.6. The lowest BCUT2D eigenvalue weighted by Crippen LogP contribution is -2.04. The highest BCUT2D eigenvalue weighted by atomic mass is 35.5. The van der Waals surface area contributed by atoms with Crippen molar-refractivity contribution < 1.29 is 4.74 Å². The molecule has 2 aromatic rings. The molecule has 0 saturated heterocycles. The first-order valence-electron chi connectivity index (χ1n) is 6.49. The number of methoxy groups -OCH3 is 1. The third-order valence-electron chi connectivity index (χ3n) is 3.01. The van der Waals surface area contributed by atoms with Gasteiger partial charge in [0.05, 0.1) is 13.3 Å². The Labute approximate surface area is 124 Å². The number of benzene rings is 1. The average molecular weight is 292 g/mol. The summed E-state index contributed by atoms with van der Waals surface area (Å²) in [6.07, 6.45) is 1.53. The molecular formula is C15H18ClN3O. The molecule has 0 aliphatic carbocycles. The van der Waals surface area contributed by atoms with Crippen molar-refractivity contribution in [3.8, 4) is 6.01 Å². The van der Waals surface area contributed by atoms with Crippen LogP contribution in [-0.2, 0) is 6.54 Å². The van der Waals surface area contributed by atoms with Crippen molar-refractivity contribution in [1.29, 1.82) is 0 Å². The van der Waals surface area contributed by atoms with Crippen LogP contribution in [0.25, 0.3) is 0 Å². The van der Waals surface area contributed by atoms with Crippen molar-refractivity contribution in [3.63, 3.8) is 0 Å². The van der Waals surface area contributed by atoms with E-state index in [2.05, 4.69) is 53.4 Å². The number of hydrogen-bond donors (Lipinski definition) is 1. The highest BCUT2D eigenvalue weighted by Crippen LogP contribution is 2.21. The van der Waals surface area contributed by atoms with Crippen LogP contribution in [0.15, 0.2) is 30.5 Å². The highest BCUT2D eigenvalue weighted by Gasteiger charge is 2.05. The van der Waals surface area contributed by atoms with E-state index in [1.807, 2.05) is 0 Å². The van der Waals surface area contributed by atoms with Crippen LogP contribution in [0.4, 0.5) is 5.82 Å². The maximum Gasteiger partial charge on any atom is 0.318 e. The molecular weight excluding hydrogens is 274 g/mol. The Balaban J connectivity index is 2.04. The molecule has 0 aliphatic rings. The Hall–Kier alpha value is -1.81. The molecule has 106 valence electrons. The van der Waals surface area contributed by atoms with Gasteiger partial charge in [-0.2, -0.15) is 4.98 Å². The van der Waals surface area contributed by atoms with Gasteiger partial charge in [0, 0.05) is 6.54 Å². The molecule has 4 nitrogen and oxygen atoms in total. The standard InChI is InChI=1S/C15H18ClN3O/c1-10(2)12-6-4-11(5-7-12)8-17-14-13(16)9-18-15(19-14)20-3/h4-7,9-10H,8H2,1-3H3,(H,17,18,19). The fourth-order valence-corrected chi connectivity index (χ4v) is 1.94. The Morgan fingerprint density at radius 2 is 1.95 bits per heavy atom. The van der Waals surface area contributed by atoms with Crippen LogP contribution < -0.4 is 10.1 Å². The minimum Gasteiger partial charge on any atom is -0.467 e. The van der Waals surface area contributed by atoms with E-state index in [0.29, 0.717) is 29.3 Å². The van der Waals surface area contributed by atoms with Crippen LogP contribution in [-0.4, -0.2) is 17.1 Å². The molecule has 20 heavy (non-hydrogen) atoms. The fraction of sp³-hybridized carbons (Fsp3) is 0.333. The number of anilines is 1. The van der Waals surface area contributed by atoms with Crippen molar-refractivity contribution in [2.75, 3.05) is 12.4 Å². The summed E-state index contributed by atoms with van der Waals surface area (Å²) < 4.78 is 4.98. The van der Waals surface area contributed by atoms with Crippen molar-refractivity contribution in [2.24, 2.45) is 0 Å². The molecule has 0 amide bonds. The molecule has 0 bridgehead atoms. The summed E-state index contributed by atoms with van der Waals surface area (Å²) in [7, 11) is 1.53. The van der Waals surface area contributed by atoms with Crippen molar-refractivity contribution >= 4 is 17.4 Å². The SMILES string of the molecule is COc1ncc(Cl)c(NCc2ccc(C(C)C)cc2)n1. The van der Waals surface area contributed by atoms with Crippen LogP contribution in [0.1, 0.15) is 30.9 Å². The van der Waals surface area contributed by atoms with E-state index in [4.69, 9.17) is 16.3 Å². The number of nitrogens with zero attached hydrogens (tertiary/aromatic N) is 2. The molecule has 0 spiro atoms. The van der Waals surface area contributed by atoms with Gasteiger partial charge in [0.25, 0.3) is 0 Å². The number of aromatic nitrogens is 2. The predicted octanol–water partition coefficient (Wildman–Crippen LogP) is 3.87. The van der Waals surface area contributed by atoms with Crippen LogP contribution in [0.3, 0.4) is 0 Å². The minimum absolute atomic E-state index is 0.298. The molecule has 0 fully saturated rings. The smallest absolute Gasteiger partial charge is 0.318 e.